The third-order valence-electron chi connectivity index (χ3n) is 6.04. The molecule has 1 heterocycles. The molecule has 230 valence electrons. The van der Waals surface area contributed by atoms with Crippen LogP contribution in [0, 0.1) is 0 Å². The standard InChI is InChI=1S/C31H53O8P/c1-27(2)38-40(32,39-28(3)4)25-13-11-9-7-5-6-8-10-12-14-29-15-16-30-31(26-29)37-24-22-35-20-18-33-17-19-34-21-23-36-30/h12,14-16,26-28H,5-11,13,17-25H2,1-4H3. The van der Waals surface area contributed by atoms with Gasteiger partial charge in [-0.3, -0.25) is 4.57 Å². The summed E-state index contributed by atoms with van der Waals surface area (Å²) in [6.07, 6.45) is 13.6. The molecule has 0 aliphatic carbocycles. The summed E-state index contributed by atoms with van der Waals surface area (Å²) in [4.78, 5) is 0. The highest BCUT2D eigenvalue weighted by Crippen LogP contribution is 2.51. The molecule has 9 heteroatoms. The summed E-state index contributed by atoms with van der Waals surface area (Å²) in [5, 5.41) is 0. The van der Waals surface area contributed by atoms with Gasteiger partial charge in [-0.05, 0) is 64.7 Å². The Kier molecular flexibility index (Phi) is 18.5. The monoisotopic (exact) mass is 584 g/mol. The fourth-order valence-corrected chi connectivity index (χ4v) is 6.42. The maximum atomic E-state index is 12.9. The number of hydrogen-bond donors (Lipinski definition) is 0. The lowest BCUT2D eigenvalue weighted by atomic mass is 10.1. The smallest absolute Gasteiger partial charge is 0.331 e. The first kappa shape index (κ1) is 34.8. The van der Waals surface area contributed by atoms with Gasteiger partial charge in [0.2, 0.25) is 0 Å². The lowest BCUT2D eigenvalue weighted by Gasteiger charge is -2.22. The second kappa shape index (κ2) is 21.3. The van der Waals surface area contributed by atoms with Crippen LogP contribution in [-0.4, -0.2) is 71.2 Å². The molecular formula is C31H53O8P. The molecule has 0 saturated heterocycles. The third kappa shape index (κ3) is 16.8. The maximum absolute atomic E-state index is 12.9. The predicted molar refractivity (Wildman–Crippen MR) is 161 cm³/mol. The van der Waals surface area contributed by atoms with Crippen LogP contribution < -0.4 is 9.47 Å². The van der Waals surface area contributed by atoms with Gasteiger partial charge in [0, 0.05) is 0 Å². The van der Waals surface area contributed by atoms with Crippen molar-refractivity contribution in [3.63, 3.8) is 0 Å². The normalized spacial score (nSPS) is 16.4. The fourth-order valence-electron chi connectivity index (χ4n) is 4.27. The summed E-state index contributed by atoms with van der Waals surface area (Å²) in [5.74, 6) is 1.44. The predicted octanol–water partition coefficient (Wildman–Crippen LogP) is 7.68. The van der Waals surface area contributed by atoms with Crippen molar-refractivity contribution in [1.82, 2.24) is 0 Å². The van der Waals surface area contributed by atoms with Crippen molar-refractivity contribution >= 4 is 13.7 Å². The van der Waals surface area contributed by atoms with E-state index in [4.69, 9.17) is 32.7 Å². The molecule has 0 saturated carbocycles. The zero-order valence-corrected chi connectivity index (χ0v) is 26.2. The van der Waals surface area contributed by atoms with Crippen LogP contribution in [0.2, 0.25) is 0 Å². The van der Waals surface area contributed by atoms with Crippen molar-refractivity contribution in [3.8, 4) is 11.5 Å². The number of benzene rings is 1. The third-order valence-corrected chi connectivity index (χ3v) is 8.39. The largest absolute Gasteiger partial charge is 0.487 e. The molecule has 1 aliphatic heterocycles. The molecule has 0 bridgehead atoms. The van der Waals surface area contributed by atoms with E-state index in [0.29, 0.717) is 59.0 Å². The van der Waals surface area contributed by atoms with E-state index in [1.807, 2.05) is 39.8 Å². The molecule has 0 amide bonds. The van der Waals surface area contributed by atoms with Crippen LogP contribution in [0.4, 0.5) is 0 Å². The number of ether oxygens (including phenoxy) is 5. The van der Waals surface area contributed by atoms with Crippen molar-refractivity contribution < 1.29 is 37.3 Å². The van der Waals surface area contributed by atoms with Gasteiger partial charge in [0.15, 0.2) is 11.5 Å². The van der Waals surface area contributed by atoms with Crippen LogP contribution in [0.1, 0.15) is 84.6 Å². The Labute approximate surface area is 242 Å². The Morgan fingerprint density at radius 2 is 1.20 bits per heavy atom. The molecule has 0 spiro atoms. The molecule has 1 aliphatic rings. The second-order valence-electron chi connectivity index (χ2n) is 10.5. The fraction of sp³-hybridized carbons (Fsp3) is 0.742. The summed E-state index contributed by atoms with van der Waals surface area (Å²) < 4.78 is 52.5. The molecule has 0 radical (unpaired) electrons. The summed E-state index contributed by atoms with van der Waals surface area (Å²) in [6.45, 7) is 11.7. The lowest BCUT2D eigenvalue weighted by molar-refractivity contribution is 0.00708. The van der Waals surface area contributed by atoms with Gasteiger partial charge in [-0.25, -0.2) is 0 Å². The number of allylic oxidation sites excluding steroid dienone is 1. The van der Waals surface area contributed by atoms with Gasteiger partial charge >= 0.3 is 7.60 Å². The van der Waals surface area contributed by atoms with E-state index in [1.54, 1.807) is 0 Å². The van der Waals surface area contributed by atoms with Crippen molar-refractivity contribution in [3.05, 3.63) is 29.8 Å². The van der Waals surface area contributed by atoms with Gasteiger partial charge in [0.25, 0.3) is 0 Å². The minimum atomic E-state index is -2.99. The first-order valence-corrected chi connectivity index (χ1v) is 16.9. The molecular weight excluding hydrogens is 531 g/mol. The van der Waals surface area contributed by atoms with Gasteiger partial charge in [-0.15, -0.1) is 0 Å². The molecule has 1 aromatic rings. The van der Waals surface area contributed by atoms with Gasteiger partial charge in [-0.1, -0.05) is 50.3 Å². The minimum Gasteiger partial charge on any atom is -0.487 e. The van der Waals surface area contributed by atoms with Gasteiger partial charge < -0.3 is 32.7 Å². The second-order valence-corrected chi connectivity index (χ2v) is 12.6. The van der Waals surface area contributed by atoms with E-state index in [2.05, 4.69) is 18.2 Å². The number of rotatable bonds is 15. The van der Waals surface area contributed by atoms with Gasteiger partial charge in [-0.2, -0.15) is 0 Å². The van der Waals surface area contributed by atoms with Gasteiger partial charge in [0.1, 0.15) is 13.2 Å². The summed E-state index contributed by atoms with van der Waals surface area (Å²) in [7, 11) is -2.99. The summed E-state index contributed by atoms with van der Waals surface area (Å²) >= 11 is 0. The first-order valence-electron chi connectivity index (χ1n) is 15.1. The zero-order chi connectivity index (χ0) is 28.9. The van der Waals surface area contributed by atoms with E-state index >= 15 is 0 Å². The topological polar surface area (TPSA) is 81.7 Å². The van der Waals surface area contributed by atoms with E-state index in [0.717, 1.165) is 42.7 Å². The molecule has 8 nitrogen and oxygen atoms in total. The molecule has 0 fully saturated rings. The SMILES string of the molecule is CC(C)OP(=O)(CCCCCCCCCC=Cc1ccc2c(c1)OCCOCCOCCOCCO2)OC(C)C. The van der Waals surface area contributed by atoms with Crippen LogP contribution in [0.3, 0.4) is 0 Å². The van der Waals surface area contributed by atoms with Crippen molar-refractivity contribution in [2.24, 2.45) is 0 Å². The summed E-state index contributed by atoms with van der Waals surface area (Å²) in [5.41, 5.74) is 1.09. The van der Waals surface area contributed by atoms with E-state index in [9.17, 15) is 4.57 Å². The average Bonchev–Trinajstić information content (AvgIpc) is 2.90. The molecule has 0 aromatic heterocycles. The maximum Gasteiger partial charge on any atom is 0.331 e. The Bertz CT molecular complexity index is 844. The Morgan fingerprint density at radius 1 is 0.700 bits per heavy atom. The highest BCUT2D eigenvalue weighted by molar-refractivity contribution is 7.53. The Balaban J connectivity index is 1.64. The molecule has 1 aromatic carbocycles. The van der Waals surface area contributed by atoms with E-state index < -0.39 is 7.60 Å². The molecule has 0 unspecified atom stereocenters. The Morgan fingerprint density at radius 3 is 1.77 bits per heavy atom. The minimum absolute atomic E-state index is 0.0909. The number of fused-ring (bicyclic) bond motifs is 1. The highest BCUT2D eigenvalue weighted by Gasteiger charge is 2.26. The quantitative estimate of drug-likeness (QED) is 0.153. The van der Waals surface area contributed by atoms with Crippen LogP contribution in [-0.2, 0) is 27.8 Å². The molecule has 0 N–H and O–H groups in total. The van der Waals surface area contributed by atoms with Crippen LogP contribution in [0.5, 0.6) is 11.5 Å². The van der Waals surface area contributed by atoms with Crippen LogP contribution in [0.25, 0.3) is 6.08 Å². The molecule has 0 atom stereocenters. The van der Waals surface area contributed by atoms with Gasteiger partial charge in [0.05, 0.1) is 58.0 Å². The first-order chi connectivity index (χ1) is 19.4. The van der Waals surface area contributed by atoms with Crippen LogP contribution in [0.15, 0.2) is 24.3 Å². The zero-order valence-electron chi connectivity index (χ0n) is 25.3. The van der Waals surface area contributed by atoms with Crippen LogP contribution >= 0.6 is 7.60 Å². The van der Waals surface area contributed by atoms with Crippen molar-refractivity contribution in [1.29, 1.82) is 0 Å². The van der Waals surface area contributed by atoms with E-state index in [1.165, 1.54) is 25.7 Å². The summed E-state index contributed by atoms with van der Waals surface area (Å²) in [6, 6.07) is 6.03. The molecule has 2 rings (SSSR count). The number of hydrogen-bond acceptors (Lipinski definition) is 8. The van der Waals surface area contributed by atoms with Crippen molar-refractivity contribution in [2.75, 3.05) is 59.0 Å². The molecule has 40 heavy (non-hydrogen) atoms. The highest BCUT2D eigenvalue weighted by atomic mass is 31.2. The Hall–Kier alpha value is -1.41. The lowest BCUT2D eigenvalue weighted by Crippen LogP contribution is -2.13. The van der Waals surface area contributed by atoms with Crippen molar-refractivity contribution in [2.45, 2.75) is 91.3 Å². The number of unbranched alkanes of at least 4 members (excludes halogenated alkanes) is 7. The van der Waals surface area contributed by atoms with E-state index in [-0.39, 0.29) is 12.2 Å². The average molecular weight is 585 g/mol.